The van der Waals surface area contributed by atoms with Crippen LogP contribution in [0.5, 0.6) is 0 Å². The van der Waals surface area contributed by atoms with Crippen molar-refractivity contribution in [2.45, 2.75) is 12.5 Å². The van der Waals surface area contributed by atoms with Crippen LogP contribution in [0.15, 0.2) is 29.8 Å². The molecule has 1 fully saturated rings. The van der Waals surface area contributed by atoms with Gasteiger partial charge in [0, 0.05) is 49.1 Å². The average molecular weight is 264 g/mol. The van der Waals surface area contributed by atoms with Gasteiger partial charge in [0.15, 0.2) is 0 Å². The van der Waals surface area contributed by atoms with E-state index < -0.39 is 0 Å². The van der Waals surface area contributed by atoms with Crippen LogP contribution in [0.2, 0.25) is 0 Å². The lowest BCUT2D eigenvalue weighted by atomic mass is 9.94. The SMILES string of the molecule is Nc1ccc2c(c1)N1CCN(CC=CCl)C(C2)C1. The molecule has 3 nitrogen and oxygen atoms in total. The third-order valence-electron chi connectivity index (χ3n) is 3.94. The molecule has 96 valence electrons. The first kappa shape index (κ1) is 11.9. The van der Waals surface area contributed by atoms with E-state index in [0.717, 1.165) is 38.3 Å². The van der Waals surface area contributed by atoms with E-state index in [4.69, 9.17) is 17.3 Å². The van der Waals surface area contributed by atoms with E-state index in [1.165, 1.54) is 11.3 Å². The van der Waals surface area contributed by atoms with E-state index in [0.29, 0.717) is 6.04 Å². The molecule has 0 radical (unpaired) electrons. The van der Waals surface area contributed by atoms with Gasteiger partial charge in [0.2, 0.25) is 0 Å². The van der Waals surface area contributed by atoms with Crippen molar-refractivity contribution < 1.29 is 0 Å². The van der Waals surface area contributed by atoms with E-state index in [-0.39, 0.29) is 0 Å². The number of hydrogen-bond acceptors (Lipinski definition) is 3. The summed E-state index contributed by atoms with van der Waals surface area (Å²) in [5.41, 5.74) is 11.1. The Bertz CT molecular complexity index is 472. The maximum atomic E-state index is 5.88. The standard InChI is InChI=1S/C14H18ClN3/c15-4-1-5-17-6-7-18-10-13(17)8-11-2-3-12(16)9-14(11)18/h1-4,9,13H,5-8,10,16H2. The summed E-state index contributed by atoms with van der Waals surface area (Å²) in [7, 11) is 0. The number of nitrogen functional groups attached to an aromatic ring is 1. The first-order valence-corrected chi connectivity index (χ1v) is 6.84. The van der Waals surface area contributed by atoms with Crippen molar-refractivity contribution in [1.29, 1.82) is 0 Å². The van der Waals surface area contributed by atoms with Gasteiger partial charge < -0.3 is 10.6 Å². The fourth-order valence-electron chi connectivity index (χ4n) is 3.02. The number of hydrogen-bond donors (Lipinski definition) is 1. The highest BCUT2D eigenvalue weighted by molar-refractivity contribution is 6.25. The molecule has 0 aliphatic carbocycles. The van der Waals surface area contributed by atoms with E-state index in [2.05, 4.69) is 21.9 Å². The monoisotopic (exact) mass is 263 g/mol. The number of piperazine rings is 1. The van der Waals surface area contributed by atoms with Gasteiger partial charge in [0.25, 0.3) is 0 Å². The molecular formula is C14H18ClN3. The van der Waals surface area contributed by atoms with Gasteiger partial charge in [-0.3, -0.25) is 4.90 Å². The van der Waals surface area contributed by atoms with Crippen LogP contribution in [0.3, 0.4) is 0 Å². The van der Waals surface area contributed by atoms with Crippen LogP contribution in [-0.2, 0) is 6.42 Å². The van der Waals surface area contributed by atoms with E-state index in [1.54, 1.807) is 5.54 Å². The molecule has 1 atom stereocenters. The second-order valence-corrected chi connectivity index (χ2v) is 5.30. The molecule has 2 aliphatic heterocycles. The van der Waals surface area contributed by atoms with Crippen LogP contribution < -0.4 is 10.6 Å². The van der Waals surface area contributed by atoms with Crippen LogP contribution in [0, 0.1) is 0 Å². The quantitative estimate of drug-likeness (QED) is 0.829. The van der Waals surface area contributed by atoms with Gasteiger partial charge in [0.1, 0.15) is 0 Å². The van der Waals surface area contributed by atoms with Crippen LogP contribution in [0.4, 0.5) is 11.4 Å². The molecule has 0 amide bonds. The first-order valence-electron chi connectivity index (χ1n) is 6.40. The van der Waals surface area contributed by atoms with Gasteiger partial charge in [-0.2, -0.15) is 0 Å². The van der Waals surface area contributed by atoms with E-state index in [9.17, 15) is 0 Å². The predicted octanol–water partition coefficient (Wildman–Crippen LogP) is 2.07. The summed E-state index contributed by atoms with van der Waals surface area (Å²) >= 11 is 5.62. The summed E-state index contributed by atoms with van der Waals surface area (Å²) in [5, 5.41) is 0. The van der Waals surface area contributed by atoms with Gasteiger partial charge in [0.05, 0.1) is 0 Å². The second-order valence-electron chi connectivity index (χ2n) is 5.05. The van der Waals surface area contributed by atoms with Crippen LogP contribution in [-0.4, -0.2) is 37.1 Å². The molecule has 4 heteroatoms. The first-order chi connectivity index (χ1) is 8.78. The molecule has 18 heavy (non-hydrogen) atoms. The minimum absolute atomic E-state index is 0.600. The molecule has 1 unspecified atom stereocenters. The Hall–Kier alpha value is -1.19. The Balaban J connectivity index is 1.84. The van der Waals surface area contributed by atoms with E-state index in [1.807, 2.05) is 12.1 Å². The van der Waals surface area contributed by atoms with Crippen molar-refractivity contribution in [3.63, 3.8) is 0 Å². The van der Waals surface area contributed by atoms with Gasteiger partial charge >= 0.3 is 0 Å². The zero-order chi connectivity index (χ0) is 12.5. The smallest absolute Gasteiger partial charge is 0.0421 e. The summed E-state index contributed by atoms with van der Waals surface area (Å²) in [4.78, 5) is 4.97. The van der Waals surface area contributed by atoms with Gasteiger partial charge in [-0.25, -0.2) is 0 Å². The number of nitrogens with two attached hydrogens (primary N) is 1. The average Bonchev–Trinajstić information content (AvgIpc) is 2.39. The molecule has 2 bridgehead atoms. The predicted molar refractivity (Wildman–Crippen MR) is 77.1 cm³/mol. The summed E-state index contributed by atoms with van der Waals surface area (Å²) in [6, 6.07) is 6.89. The molecular weight excluding hydrogens is 246 g/mol. The zero-order valence-electron chi connectivity index (χ0n) is 10.3. The topological polar surface area (TPSA) is 32.5 Å². The van der Waals surface area contributed by atoms with Crippen LogP contribution >= 0.6 is 11.6 Å². The summed E-state index contributed by atoms with van der Waals surface area (Å²) in [5.74, 6) is 0. The number of rotatable bonds is 2. The third-order valence-corrected chi connectivity index (χ3v) is 4.12. The maximum Gasteiger partial charge on any atom is 0.0421 e. The molecule has 0 saturated carbocycles. The molecule has 2 N–H and O–H groups in total. The van der Waals surface area contributed by atoms with Gasteiger partial charge in [-0.1, -0.05) is 23.7 Å². The lowest BCUT2D eigenvalue weighted by Crippen LogP contribution is -2.56. The molecule has 0 spiro atoms. The fourth-order valence-corrected chi connectivity index (χ4v) is 3.10. The Morgan fingerprint density at radius 1 is 1.39 bits per heavy atom. The van der Waals surface area contributed by atoms with E-state index >= 15 is 0 Å². The Labute approximate surface area is 113 Å². The normalized spacial score (nSPS) is 23.4. The second kappa shape index (κ2) is 4.82. The minimum Gasteiger partial charge on any atom is -0.399 e. The molecule has 2 heterocycles. The lowest BCUT2D eigenvalue weighted by Gasteiger charge is -2.46. The van der Waals surface area contributed by atoms with Crippen molar-refractivity contribution in [3.05, 3.63) is 35.4 Å². The summed E-state index contributed by atoms with van der Waals surface area (Å²) in [6.07, 6.45) is 3.14. The lowest BCUT2D eigenvalue weighted by molar-refractivity contribution is 0.188. The molecule has 2 aliphatic rings. The number of nitrogens with zero attached hydrogens (tertiary/aromatic N) is 2. The third kappa shape index (κ3) is 2.08. The van der Waals surface area contributed by atoms with Crippen molar-refractivity contribution in [2.75, 3.05) is 36.8 Å². The van der Waals surface area contributed by atoms with Crippen LogP contribution in [0.1, 0.15) is 5.56 Å². The highest BCUT2D eigenvalue weighted by Gasteiger charge is 2.32. The minimum atomic E-state index is 0.600. The Kier molecular flexibility index (Phi) is 3.18. The zero-order valence-corrected chi connectivity index (χ0v) is 11.1. The van der Waals surface area contributed by atoms with Gasteiger partial charge in [-0.05, 0) is 24.1 Å². The molecule has 1 aromatic carbocycles. The largest absolute Gasteiger partial charge is 0.399 e. The van der Waals surface area contributed by atoms with Crippen molar-refractivity contribution >= 4 is 23.0 Å². The summed E-state index contributed by atoms with van der Waals surface area (Å²) in [6.45, 7) is 4.22. The maximum absolute atomic E-state index is 5.88. The molecule has 1 saturated heterocycles. The van der Waals surface area contributed by atoms with Crippen molar-refractivity contribution in [2.24, 2.45) is 0 Å². The number of halogens is 1. The number of fused-ring (bicyclic) bond motifs is 4. The molecule has 3 rings (SSSR count). The summed E-state index contributed by atoms with van der Waals surface area (Å²) < 4.78 is 0. The molecule has 0 aromatic heterocycles. The van der Waals surface area contributed by atoms with Gasteiger partial charge in [-0.15, -0.1) is 0 Å². The van der Waals surface area contributed by atoms with Crippen molar-refractivity contribution in [3.8, 4) is 0 Å². The Morgan fingerprint density at radius 2 is 2.28 bits per heavy atom. The van der Waals surface area contributed by atoms with Crippen LogP contribution in [0.25, 0.3) is 0 Å². The van der Waals surface area contributed by atoms with Crippen molar-refractivity contribution in [1.82, 2.24) is 4.90 Å². The number of benzene rings is 1. The number of anilines is 2. The fraction of sp³-hybridized carbons (Fsp3) is 0.429. The Morgan fingerprint density at radius 3 is 3.11 bits per heavy atom. The molecule has 1 aromatic rings. The highest BCUT2D eigenvalue weighted by Crippen LogP contribution is 2.32. The highest BCUT2D eigenvalue weighted by atomic mass is 35.5.